The molecule has 19 heavy (non-hydrogen) atoms. The average molecular weight is 267 g/mol. The molecule has 1 amide bonds. The summed E-state index contributed by atoms with van der Waals surface area (Å²) in [4.78, 5) is 11.8. The summed E-state index contributed by atoms with van der Waals surface area (Å²) in [6.45, 7) is 10.5. The molecular weight excluding hydrogens is 242 g/mol. The van der Waals surface area contributed by atoms with Crippen molar-refractivity contribution in [2.24, 2.45) is 5.92 Å². The molecule has 1 atom stereocenters. The first-order valence-electron chi connectivity index (χ1n) is 6.93. The van der Waals surface area contributed by atoms with E-state index < -0.39 is 0 Å². The summed E-state index contributed by atoms with van der Waals surface area (Å²) in [6.07, 6.45) is 2.75. The molecule has 0 fully saturated rings. The number of rotatable bonds is 8. The number of carbonyl (C=O) groups excluding carboxylic acids is 1. The number of hydrogen-bond acceptors (Lipinski definition) is 4. The maximum Gasteiger partial charge on any atom is 0.244 e. The minimum atomic E-state index is -0.321. The molecule has 0 aliphatic rings. The van der Waals surface area contributed by atoms with Gasteiger partial charge in [0.15, 0.2) is 0 Å². The zero-order valence-corrected chi connectivity index (χ0v) is 12.3. The van der Waals surface area contributed by atoms with E-state index in [2.05, 4.69) is 34.8 Å². The lowest BCUT2D eigenvalue weighted by Gasteiger charge is -2.11. The van der Waals surface area contributed by atoms with Crippen molar-refractivity contribution in [3.05, 3.63) is 11.9 Å². The Bertz CT molecular complexity index is 388. The van der Waals surface area contributed by atoms with Crippen LogP contribution in [0, 0.1) is 5.92 Å². The molecule has 1 unspecified atom stereocenters. The van der Waals surface area contributed by atoms with Gasteiger partial charge in [0.1, 0.15) is 6.04 Å². The number of hydrogen-bond donors (Lipinski definition) is 2. The zero-order chi connectivity index (χ0) is 14.3. The Hall–Kier alpha value is -1.43. The van der Waals surface area contributed by atoms with Crippen LogP contribution in [0.25, 0.3) is 0 Å². The highest BCUT2D eigenvalue weighted by Gasteiger charge is 2.15. The monoisotopic (exact) mass is 267 g/mol. The largest absolute Gasteiger partial charge is 0.354 e. The molecule has 0 saturated heterocycles. The highest BCUT2D eigenvalue weighted by Crippen LogP contribution is 2.04. The summed E-state index contributed by atoms with van der Waals surface area (Å²) >= 11 is 0. The molecule has 1 rings (SSSR count). The smallest absolute Gasteiger partial charge is 0.244 e. The molecule has 0 radical (unpaired) electrons. The Morgan fingerprint density at radius 2 is 2.16 bits per heavy atom. The highest BCUT2D eigenvalue weighted by atomic mass is 16.2. The second kappa shape index (κ2) is 7.89. The number of carbonyl (C=O) groups is 1. The summed E-state index contributed by atoms with van der Waals surface area (Å²) < 4.78 is 1.61. The molecule has 1 aromatic heterocycles. The molecule has 0 aliphatic carbocycles. The first kappa shape index (κ1) is 15.6. The number of amides is 1. The van der Waals surface area contributed by atoms with Gasteiger partial charge in [0.25, 0.3) is 0 Å². The van der Waals surface area contributed by atoms with Crippen LogP contribution in [0.4, 0.5) is 0 Å². The van der Waals surface area contributed by atoms with Crippen LogP contribution >= 0.6 is 0 Å². The third-order valence-corrected chi connectivity index (χ3v) is 2.74. The topological polar surface area (TPSA) is 71.8 Å². The summed E-state index contributed by atoms with van der Waals surface area (Å²) in [5.74, 6) is 0.585. The maximum absolute atomic E-state index is 11.8. The van der Waals surface area contributed by atoms with Gasteiger partial charge in [-0.05, 0) is 25.8 Å². The quantitative estimate of drug-likeness (QED) is 0.740. The van der Waals surface area contributed by atoms with Crippen molar-refractivity contribution in [3.8, 4) is 0 Å². The van der Waals surface area contributed by atoms with Gasteiger partial charge in [-0.1, -0.05) is 26.0 Å². The Kier molecular flexibility index (Phi) is 6.49. The van der Waals surface area contributed by atoms with E-state index in [4.69, 9.17) is 0 Å². The van der Waals surface area contributed by atoms with E-state index in [0.29, 0.717) is 19.0 Å². The number of nitrogens with zero attached hydrogens (tertiary/aromatic N) is 3. The van der Waals surface area contributed by atoms with Crippen molar-refractivity contribution in [2.45, 2.75) is 46.7 Å². The molecule has 6 heteroatoms. The Labute approximate surface area is 115 Å². The van der Waals surface area contributed by atoms with Gasteiger partial charge in [0.2, 0.25) is 5.91 Å². The molecule has 108 valence electrons. The molecular formula is C13H25N5O. The van der Waals surface area contributed by atoms with E-state index in [0.717, 1.165) is 18.7 Å². The van der Waals surface area contributed by atoms with Gasteiger partial charge in [-0.2, -0.15) is 0 Å². The van der Waals surface area contributed by atoms with Gasteiger partial charge in [-0.3, -0.25) is 4.79 Å². The fraction of sp³-hybridized carbons (Fsp3) is 0.769. The van der Waals surface area contributed by atoms with Gasteiger partial charge < -0.3 is 10.6 Å². The van der Waals surface area contributed by atoms with Crippen molar-refractivity contribution < 1.29 is 4.79 Å². The van der Waals surface area contributed by atoms with Crippen LogP contribution in [0.15, 0.2) is 6.20 Å². The van der Waals surface area contributed by atoms with Crippen LogP contribution in [0.2, 0.25) is 0 Å². The minimum Gasteiger partial charge on any atom is -0.354 e. The fourth-order valence-corrected chi connectivity index (χ4v) is 1.59. The van der Waals surface area contributed by atoms with E-state index in [1.807, 2.05) is 20.0 Å². The molecule has 0 aliphatic heterocycles. The molecule has 0 aromatic carbocycles. The Balaban J connectivity index is 2.46. The molecule has 0 bridgehead atoms. The van der Waals surface area contributed by atoms with Crippen molar-refractivity contribution >= 4 is 5.91 Å². The van der Waals surface area contributed by atoms with Crippen molar-refractivity contribution in [2.75, 3.05) is 13.1 Å². The molecule has 6 nitrogen and oxygen atoms in total. The van der Waals surface area contributed by atoms with Crippen LogP contribution in [-0.4, -0.2) is 34.0 Å². The van der Waals surface area contributed by atoms with E-state index in [1.54, 1.807) is 4.68 Å². The van der Waals surface area contributed by atoms with Crippen LogP contribution in [0.5, 0.6) is 0 Å². The maximum atomic E-state index is 11.8. The second-order valence-corrected chi connectivity index (χ2v) is 5.18. The van der Waals surface area contributed by atoms with E-state index in [9.17, 15) is 4.79 Å². The summed E-state index contributed by atoms with van der Waals surface area (Å²) in [5, 5.41) is 14.2. The lowest BCUT2D eigenvalue weighted by Crippen LogP contribution is -2.31. The SMILES string of the molecule is CCCNC(=O)C(C)n1cc(CNCC(C)C)nn1. The second-order valence-electron chi connectivity index (χ2n) is 5.18. The van der Waals surface area contributed by atoms with Gasteiger partial charge >= 0.3 is 0 Å². The van der Waals surface area contributed by atoms with Crippen LogP contribution in [0.3, 0.4) is 0 Å². The molecule has 2 N–H and O–H groups in total. The van der Waals surface area contributed by atoms with Gasteiger partial charge in [0.05, 0.1) is 11.9 Å². The lowest BCUT2D eigenvalue weighted by molar-refractivity contribution is -0.124. The molecule has 1 aromatic rings. The average Bonchev–Trinajstić information content (AvgIpc) is 2.83. The van der Waals surface area contributed by atoms with Crippen LogP contribution in [0.1, 0.15) is 45.9 Å². The normalized spacial score (nSPS) is 12.7. The first-order valence-corrected chi connectivity index (χ1v) is 6.93. The molecule has 0 saturated carbocycles. The number of aromatic nitrogens is 3. The minimum absolute atomic E-state index is 0.0200. The Morgan fingerprint density at radius 3 is 2.79 bits per heavy atom. The third-order valence-electron chi connectivity index (χ3n) is 2.74. The Morgan fingerprint density at radius 1 is 1.42 bits per heavy atom. The van der Waals surface area contributed by atoms with Gasteiger partial charge in [-0.15, -0.1) is 5.10 Å². The standard InChI is InChI=1S/C13H25N5O/c1-5-6-15-13(19)11(4)18-9-12(16-17-18)8-14-7-10(2)3/h9-11,14H,5-8H2,1-4H3,(H,15,19). The van der Waals surface area contributed by atoms with Crippen molar-refractivity contribution in [1.29, 1.82) is 0 Å². The highest BCUT2D eigenvalue weighted by molar-refractivity contribution is 5.79. The van der Waals surface area contributed by atoms with Gasteiger partial charge in [-0.25, -0.2) is 4.68 Å². The first-order chi connectivity index (χ1) is 9.04. The number of nitrogens with one attached hydrogen (secondary N) is 2. The van der Waals surface area contributed by atoms with Crippen LogP contribution < -0.4 is 10.6 Å². The third kappa shape index (κ3) is 5.38. The zero-order valence-electron chi connectivity index (χ0n) is 12.3. The molecule has 0 spiro atoms. The van der Waals surface area contributed by atoms with E-state index in [1.165, 1.54) is 0 Å². The van der Waals surface area contributed by atoms with Gasteiger partial charge in [0, 0.05) is 13.1 Å². The summed E-state index contributed by atoms with van der Waals surface area (Å²) in [7, 11) is 0. The predicted octanol–water partition coefficient (Wildman–Crippen LogP) is 1.11. The van der Waals surface area contributed by atoms with E-state index in [-0.39, 0.29) is 11.9 Å². The van der Waals surface area contributed by atoms with Crippen molar-refractivity contribution in [1.82, 2.24) is 25.6 Å². The van der Waals surface area contributed by atoms with Crippen LogP contribution in [-0.2, 0) is 11.3 Å². The van der Waals surface area contributed by atoms with Crippen molar-refractivity contribution in [3.63, 3.8) is 0 Å². The molecule has 1 heterocycles. The summed E-state index contributed by atoms with van der Waals surface area (Å²) in [6, 6.07) is -0.321. The van der Waals surface area contributed by atoms with E-state index >= 15 is 0 Å². The summed E-state index contributed by atoms with van der Waals surface area (Å²) in [5.41, 5.74) is 0.857. The lowest BCUT2D eigenvalue weighted by atomic mass is 10.2. The predicted molar refractivity (Wildman–Crippen MR) is 74.6 cm³/mol. The fourth-order valence-electron chi connectivity index (χ4n) is 1.59.